The average Bonchev–Trinajstić information content (AvgIpc) is 2.27. The van der Waals surface area contributed by atoms with E-state index in [4.69, 9.17) is 0 Å². The van der Waals surface area contributed by atoms with Gasteiger partial charge in [0, 0.05) is 0 Å². The SMILES string of the molecule is Bc1ccc2[nH]c(=O)sc2c1. The van der Waals surface area contributed by atoms with Crippen LogP contribution in [0.2, 0.25) is 0 Å². The summed E-state index contributed by atoms with van der Waals surface area (Å²) >= 11 is 1.26. The third-order valence-electron chi connectivity index (χ3n) is 1.58. The molecule has 0 saturated heterocycles. The Bertz CT molecular complexity index is 445. The number of thiazole rings is 1. The maximum Gasteiger partial charge on any atom is 0.305 e. The van der Waals surface area contributed by atoms with Gasteiger partial charge < -0.3 is 4.98 Å². The average molecular weight is 163 g/mol. The molecule has 0 aliphatic carbocycles. The van der Waals surface area contributed by atoms with Gasteiger partial charge in [0.1, 0.15) is 7.85 Å². The molecule has 11 heavy (non-hydrogen) atoms. The van der Waals surface area contributed by atoms with Gasteiger partial charge >= 0.3 is 4.87 Å². The highest BCUT2D eigenvalue weighted by atomic mass is 32.1. The number of fused-ring (bicyclic) bond motifs is 1. The molecule has 54 valence electrons. The fraction of sp³-hybridized carbons (Fsp3) is 0. The fourth-order valence-corrected chi connectivity index (χ4v) is 1.89. The van der Waals surface area contributed by atoms with Crippen LogP contribution in [0.5, 0.6) is 0 Å². The maximum absolute atomic E-state index is 10.9. The zero-order valence-electron chi connectivity index (χ0n) is 6.05. The molecule has 0 fully saturated rings. The smallest absolute Gasteiger partial charge is 0.305 e. The molecule has 2 nitrogen and oxygen atoms in total. The molecule has 1 aromatic carbocycles. The summed E-state index contributed by atoms with van der Waals surface area (Å²) in [6.07, 6.45) is 0. The number of H-pyrrole nitrogens is 1. The lowest BCUT2D eigenvalue weighted by molar-refractivity contribution is 1.41. The van der Waals surface area contributed by atoms with E-state index in [2.05, 4.69) is 4.98 Å². The molecule has 0 radical (unpaired) electrons. The largest absolute Gasteiger partial charge is 0.312 e. The standard InChI is InChI=1S/C7H6BNOS/c8-4-1-2-5-6(3-4)11-7(10)9-5/h1-3H,8H2,(H,9,10). The lowest BCUT2D eigenvalue weighted by atomic mass is 9.97. The normalized spacial score (nSPS) is 10.5. The first kappa shape index (κ1) is 6.67. The molecule has 0 amide bonds. The first-order valence-electron chi connectivity index (χ1n) is 3.35. The van der Waals surface area contributed by atoms with Gasteiger partial charge in [0.25, 0.3) is 0 Å². The Morgan fingerprint density at radius 3 is 3.09 bits per heavy atom. The van der Waals surface area contributed by atoms with E-state index in [1.54, 1.807) is 0 Å². The van der Waals surface area contributed by atoms with Gasteiger partial charge in [-0.05, 0) is 12.1 Å². The predicted octanol–water partition coefficient (Wildman–Crippen LogP) is -0.152. The van der Waals surface area contributed by atoms with Crippen molar-refractivity contribution in [3.05, 3.63) is 27.9 Å². The molecule has 0 aliphatic heterocycles. The summed E-state index contributed by atoms with van der Waals surface area (Å²) in [5.41, 5.74) is 2.12. The molecule has 2 rings (SSSR count). The second kappa shape index (κ2) is 2.24. The third-order valence-corrected chi connectivity index (χ3v) is 2.42. The second-order valence-corrected chi connectivity index (χ2v) is 3.53. The van der Waals surface area contributed by atoms with Crippen molar-refractivity contribution in [3.63, 3.8) is 0 Å². The monoisotopic (exact) mass is 163 g/mol. The van der Waals surface area contributed by atoms with Crippen LogP contribution in [-0.4, -0.2) is 12.8 Å². The van der Waals surface area contributed by atoms with E-state index in [0.29, 0.717) is 0 Å². The van der Waals surface area contributed by atoms with Crippen LogP contribution in [0.4, 0.5) is 0 Å². The molecule has 1 N–H and O–H groups in total. The van der Waals surface area contributed by atoms with Crippen LogP contribution in [0, 0.1) is 0 Å². The molecular formula is C7H6BNOS. The molecule has 0 spiro atoms. The summed E-state index contributed by atoms with van der Waals surface area (Å²) in [4.78, 5) is 13.6. The predicted molar refractivity (Wildman–Crippen MR) is 50.6 cm³/mol. The fourth-order valence-electron chi connectivity index (χ4n) is 1.05. The minimum Gasteiger partial charge on any atom is -0.312 e. The zero-order chi connectivity index (χ0) is 7.84. The Hall–Kier alpha value is -1.03. The molecule has 2 aromatic rings. The van der Waals surface area contributed by atoms with Crippen molar-refractivity contribution >= 4 is 34.9 Å². The Balaban J connectivity index is 2.92. The maximum atomic E-state index is 10.9. The van der Waals surface area contributed by atoms with Gasteiger partial charge in [-0.25, -0.2) is 0 Å². The van der Waals surface area contributed by atoms with Crippen molar-refractivity contribution in [2.24, 2.45) is 0 Å². The highest BCUT2D eigenvalue weighted by Gasteiger charge is 1.96. The Morgan fingerprint density at radius 2 is 2.27 bits per heavy atom. The summed E-state index contributed by atoms with van der Waals surface area (Å²) in [6.45, 7) is 0. The number of aromatic amines is 1. The highest BCUT2D eigenvalue weighted by Crippen LogP contribution is 2.10. The lowest BCUT2D eigenvalue weighted by Crippen LogP contribution is -1.98. The molecule has 1 aromatic heterocycles. The number of nitrogens with one attached hydrogen (secondary N) is 1. The molecule has 0 saturated carbocycles. The van der Waals surface area contributed by atoms with E-state index >= 15 is 0 Å². The van der Waals surface area contributed by atoms with Crippen LogP contribution in [0.25, 0.3) is 10.2 Å². The summed E-state index contributed by atoms with van der Waals surface area (Å²) < 4.78 is 1.04. The summed E-state index contributed by atoms with van der Waals surface area (Å²) in [5, 5.41) is 0. The van der Waals surface area contributed by atoms with Crippen molar-refractivity contribution in [1.29, 1.82) is 0 Å². The number of hydrogen-bond donors (Lipinski definition) is 1. The van der Waals surface area contributed by atoms with Crippen molar-refractivity contribution in [1.82, 2.24) is 4.98 Å². The highest BCUT2D eigenvalue weighted by molar-refractivity contribution is 7.16. The van der Waals surface area contributed by atoms with Gasteiger partial charge in [0.05, 0.1) is 10.2 Å². The molecule has 0 bridgehead atoms. The third kappa shape index (κ3) is 1.09. The minimum absolute atomic E-state index is 0.0191. The quantitative estimate of drug-likeness (QED) is 0.538. The molecule has 0 unspecified atom stereocenters. The number of aromatic nitrogens is 1. The number of benzene rings is 1. The molecule has 1 heterocycles. The summed E-state index contributed by atoms with van der Waals surface area (Å²) in [5.74, 6) is 0. The van der Waals surface area contributed by atoms with Crippen molar-refractivity contribution in [2.75, 3.05) is 0 Å². The van der Waals surface area contributed by atoms with Gasteiger partial charge in [-0.15, -0.1) is 0 Å². The Kier molecular flexibility index (Phi) is 1.36. The van der Waals surface area contributed by atoms with E-state index in [9.17, 15) is 4.79 Å². The van der Waals surface area contributed by atoms with Crippen molar-refractivity contribution < 1.29 is 0 Å². The Labute approximate surface area is 68.3 Å². The van der Waals surface area contributed by atoms with E-state index in [0.717, 1.165) is 10.2 Å². The second-order valence-electron chi connectivity index (χ2n) is 2.51. The molecule has 0 atom stereocenters. The molecule has 0 aliphatic rings. The van der Waals surface area contributed by atoms with E-state index in [1.165, 1.54) is 16.8 Å². The van der Waals surface area contributed by atoms with E-state index in [-0.39, 0.29) is 4.87 Å². The van der Waals surface area contributed by atoms with Gasteiger partial charge in [-0.2, -0.15) is 0 Å². The zero-order valence-corrected chi connectivity index (χ0v) is 6.87. The summed E-state index contributed by atoms with van der Waals surface area (Å²) in [7, 11) is 2.02. The molecular weight excluding hydrogens is 157 g/mol. The van der Waals surface area contributed by atoms with Crippen LogP contribution < -0.4 is 10.3 Å². The topological polar surface area (TPSA) is 32.9 Å². The lowest BCUT2D eigenvalue weighted by Gasteiger charge is -1.89. The van der Waals surface area contributed by atoms with Crippen molar-refractivity contribution in [3.8, 4) is 0 Å². The van der Waals surface area contributed by atoms with E-state index in [1.807, 2.05) is 26.0 Å². The first-order chi connectivity index (χ1) is 5.25. The van der Waals surface area contributed by atoms with Crippen LogP contribution >= 0.6 is 11.3 Å². The first-order valence-corrected chi connectivity index (χ1v) is 4.17. The van der Waals surface area contributed by atoms with Crippen LogP contribution in [0.3, 0.4) is 0 Å². The van der Waals surface area contributed by atoms with Gasteiger partial charge in [-0.1, -0.05) is 22.9 Å². The van der Waals surface area contributed by atoms with Crippen LogP contribution in [-0.2, 0) is 0 Å². The van der Waals surface area contributed by atoms with Gasteiger partial charge in [0.15, 0.2) is 0 Å². The molecule has 4 heteroatoms. The number of rotatable bonds is 0. The Morgan fingerprint density at radius 1 is 1.45 bits per heavy atom. The van der Waals surface area contributed by atoms with E-state index < -0.39 is 0 Å². The van der Waals surface area contributed by atoms with Gasteiger partial charge in [-0.3, -0.25) is 4.79 Å². The van der Waals surface area contributed by atoms with Gasteiger partial charge in [0.2, 0.25) is 0 Å². The minimum atomic E-state index is 0.0191. The number of hydrogen-bond acceptors (Lipinski definition) is 2. The van der Waals surface area contributed by atoms with Crippen LogP contribution in [0.15, 0.2) is 23.0 Å². The van der Waals surface area contributed by atoms with Crippen molar-refractivity contribution in [2.45, 2.75) is 0 Å². The summed E-state index contributed by atoms with van der Waals surface area (Å²) in [6, 6.07) is 5.94. The van der Waals surface area contributed by atoms with Crippen LogP contribution in [0.1, 0.15) is 0 Å².